The van der Waals surface area contributed by atoms with E-state index in [1.165, 1.54) is 0 Å². The molecule has 0 saturated carbocycles. The minimum atomic E-state index is -0.249. The van der Waals surface area contributed by atoms with E-state index in [4.69, 9.17) is 16.3 Å². The molecule has 2 N–H and O–H groups in total. The number of amides is 2. The monoisotopic (exact) mass is 372 g/mol. The number of fused-ring (bicyclic) bond motifs is 2. The molecule has 0 bridgehead atoms. The lowest BCUT2D eigenvalue weighted by Gasteiger charge is -2.26. The number of benzene rings is 2. The highest BCUT2D eigenvalue weighted by Crippen LogP contribution is 2.37. The molecule has 7 heteroatoms. The van der Waals surface area contributed by atoms with Gasteiger partial charge in [0, 0.05) is 28.9 Å². The summed E-state index contributed by atoms with van der Waals surface area (Å²) < 4.78 is 5.34. The van der Waals surface area contributed by atoms with Gasteiger partial charge in [0.2, 0.25) is 0 Å². The number of hydrogen-bond donors (Lipinski definition) is 2. The Bertz CT molecular complexity index is 899. The maximum absolute atomic E-state index is 13.2. The van der Waals surface area contributed by atoms with Crippen molar-refractivity contribution < 1.29 is 19.4 Å². The number of anilines is 2. The van der Waals surface area contributed by atoms with Crippen LogP contribution in [0.3, 0.4) is 0 Å². The summed E-state index contributed by atoms with van der Waals surface area (Å²) in [6.07, 6.45) is 1.12. The average Bonchev–Trinajstić information content (AvgIpc) is 2.97. The smallest absolute Gasteiger partial charge is 0.262 e. The highest BCUT2D eigenvalue weighted by Gasteiger charge is 2.34. The van der Waals surface area contributed by atoms with Crippen molar-refractivity contribution in [1.29, 1.82) is 0 Å². The summed E-state index contributed by atoms with van der Waals surface area (Å²) >= 11 is 6.08. The number of aliphatic hydroxyl groups is 1. The van der Waals surface area contributed by atoms with E-state index < -0.39 is 0 Å². The second kappa shape index (κ2) is 6.63. The molecule has 0 radical (unpaired) electrons. The Balaban J connectivity index is 1.70. The fourth-order valence-corrected chi connectivity index (χ4v) is 3.70. The molecule has 0 aromatic heterocycles. The van der Waals surface area contributed by atoms with E-state index in [2.05, 4.69) is 5.32 Å². The minimum Gasteiger partial charge on any atom is -0.482 e. The van der Waals surface area contributed by atoms with Crippen LogP contribution in [0.4, 0.5) is 11.4 Å². The molecule has 0 unspecified atom stereocenters. The minimum absolute atomic E-state index is 0.00967. The van der Waals surface area contributed by atoms with E-state index >= 15 is 0 Å². The Hall–Kier alpha value is -2.57. The van der Waals surface area contributed by atoms with E-state index in [9.17, 15) is 14.7 Å². The number of carbonyl (C=O) groups is 2. The van der Waals surface area contributed by atoms with E-state index in [0.717, 1.165) is 11.3 Å². The van der Waals surface area contributed by atoms with Crippen molar-refractivity contribution in [2.75, 3.05) is 23.4 Å². The topological polar surface area (TPSA) is 78.9 Å². The van der Waals surface area contributed by atoms with Crippen LogP contribution < -0.4 is 15.0 Å². The Morgan fingerprint density at radius 3 is 2.96 bits per heavy atom. The van der Waals surface area contributed by atoms with Gasteiger partial charge in [-0.3, -0.25) is 9.59 Å². The van der Waals surface area contributed by atoms with Crippen molar-refractivity contribution in [3.05, 3.63) is 52.5 Å². The lowest BCUT2D eigenvalue weighted by atomic mass is 10.1. The van der Waals surface area contributed by atoms with Crippen molar-refractivity contribution >= 4 is 34.8 Å². The molecule has 2 aliphatic heterocycles. The zero-order valence-electron chi connectivity index (χ0n) is 13.9. The molecule has 6 nitrogen and oxygen atoms in total. The predicted octanol–water partition coefficient (Wildman–Crippen LogP) is 2.62. The van der Waals surface area contributed by atoms with Gasteiger partial charge in [0.15, 0.2) is 6.61 Å². The predicted molar refractivity (Wildman–Crippen MR) is 98.0 cm³/mol. The number of nitrogens with one attached hydrogen (secondary N) is 1. The maximum atomic E-state index is 13.2. The largest absolute Gasteiger partial charge is 0.482 e. The molecule has 2 aliphatic rings. The first-order valence-corrected chi connectivity index (χ1v) is 8.74. The van der Waals surface area contributed by atoms with Crippen molar-refractivity contribution in [2.24, 2.45) is 0 Å². The van der Waals surface area contributed by atoms with Crippen molar-refractivity contribution in [3.63, 3.8) is 0 Å². The van der Waals surface area contributed by atoms with Gasteiger partial charge < -0.3 is 20.1 Å². The van der Waals surface area contributed by atoms with Gasteiger partial charge in [-0.2, -0.15) is 0 Å². The summed E-state index contributed by atoms with van der Waals surface area (Å²) in [4.78, 5) is 26.4. The zero-order valence-corrected chi connectivity index (χ0v) is 14.6. The number of nitrogens with zero attached hydrogens (tertiary/aromatic N) is 1. The molecule has 134 valence electrons. The highest BCUT2D eigenvalue weighted by atomic mass is 35.5. The molecule has 0 fully saturated rings. The summed E-state index contributed by atoms with van der Waals surface area (Å²) in [6.45, 7) is -0.0383. The van der Waals surface area contributed by atoms with Crippen LogP contribution in [-0.2, 0) is 11.2 Å². The SMILES string of the molecule is O=C1COc2ccc(C(=O)N3c4ccc(Cl)cc4C[C@@H]3CCO)cc2N1. The Morgan fingerprint density at radius 2 is 2.15 bits per heavy atom. The molecular weight excluding hydrogens is 356 g/mol. The lowest BCUT2D eigenvalue weighted by Crippen LogP contribution is -2.38. The second-order valence-corrected chi connectivity index (χ2v) is 6.80. The van der Waals surface area contributed by atoms with Crippen molar-refractivity contribution in [1.82, 2.24) is 0 Å². The molecule has 26 heavy (non-hydrogen) atoms. The molecule has 2 aromatic carbocycles. The molecule has 1 atom stereocenters. The first-order valence-electron chi connectivity index (χ1n) is 8.36. The fourth-order valence-electron chi connectivity index (χ4n) is 3.51. The van der Waals surface area contributed by atoms with E-state index in [1.807, 2.05) is 12.1 Å². The normalized spacial score (nSPS) is 18.0. The summed E-state index contributed by atoms with van der Waals surface area (Å²) in [5.41, 5.74) is 2.72. The Morgan fingerprint density at radius 1 is 1.31 bits per heavy atom. The van der Waals surface area contributed by atoms with Gasteiger partial charge in [-0.15, -0.1) is 0 Å². The number of hydrogen-bond acceptors (Lipinski definition) is 4. The van der Waals surface area contributed by atoms with Crippen LogP contribution in [0, 0.1) is 0 Å². The van der Waals surface area contributed by atoms with E-state index in [1.54, 1.807) is 29.2 Å². The van der Waals surface area contributed by atoms with E-state index in [-0.39, 0.29) is 31.1 Å². The third kappa shape index (κ3) is 2.91. The molecule has 2 amide bonds. The standard InChI is InChI=1S/C19H17ClN2O4/c20-13-2-3-16-12(7-13)8-14(5-6-23)22(16)19(25)11-1-4-17-15(9-11)21-18(24)10-26-17/h1-4,7,9,14,23H,5-6,8,10H2,(H,21,24)/t14-/m0/s1. The molecule has 0 spiro atoms. The quantitative estimate of drug-likeness (QED) is 0.868. The highest BCUT2D eigenvalue weighted by molar-refractivity contribution is 6.30. The van der Waals surface area contributed by atoms with Gasteiger partial charge in [-0.1, -0.05) is 11.6 Å². The molecule has 0 saturated heterocycles. The van der Waals surface area contributed by atoms with Crippen molar-refractivity contribution in [3.8, 4) is 5.75 Å². The first kappa shape index (κ1) is 16.9. The lowest BCUT2D eigenvalue weighted by molar-refractivity contribution is -0.118. The molecule has 2 aromatic rings. The second-order valence-electron chi connectivity index (χ2n) is 6.37. The van der Waals surface area contributed by atoms with Gasteiger partial charge in [-0.05, 0) is 54.8 Å². The third-order valence-electron chi connectivity index (χ3n) is 4.66. The van der Waals surface area contributed by atoms with Crippen LogP contribution in [0.2, 0.25) is 5.02 Å². The van der Waals surface area contributed by atoms with E-state index in [0.29, 0.717) is 34.9 Å². The third-order valence-corrected chi connectivity index (χ3v) is 4.90. The van der Waals surface area contributed by atoms with Crippen LogP contribution in [0.15, 0.2) is 36.4 Å². The van der Waals surface area contributed by atoms with Crippen LogP contribution in [-0.4, -0.2) is 36.2 Å². The number of carbonyl (C=O) groups excluding carboxylic acids is 2. The van der Waals surface area contributed by atoms with Crippen molar-refractivity contribution in [2.45, 2.75) is 18.9 Å². The Kier molecular flexibility index (Phi) is 4.30. The van der Waals surface area contributed by atoms with Gasteiger partial charge >= 0.3 is 0 Å². The summed E-state index contributed by atoms with van der Waals surface area (Å²) in [5.74, 6) is 0.107. The van der Waals surface area contributed by atoms with Crippen LogP contribution in [0.25, 0.3) is 0 Å². The van der Waals surface area contributed by atoms with Crippen LogP contribution >= 0.6 is 11.6 Å². The number of aliphatic hydroxyl groups excluding tert-OH is 1. The molecule has 0 aliphatic carbocycles. The molecular formula is C19H17ClN2O4. The number of halogens is 1. The Labute approximate surface area is 155 Å². The number of ether oxygens (including phenoxy) is 1. The number of rotatable bonds is 3. The summed E-state index contributed by atoms with van der Waals surface area (Å²) in [6, 6.07) is 10.3. The van der Waals surface area contributed by atoms with Gasteiger partial charge in [0.05, 0.1) is 5.69 Å². The van der Waals surface area contributed by atoms with Crippen LogP contribution in [0.1, 0.15) is 22.3 Å². The maximum Gasteiger partial charge on any atom is 0.262 e. The fraction of sp³-hybridized carbons (Fsp3) is 0.263. The summed E-state index contributed by atoms with van der Waals surface area (Å²) in [7, 11) is 0. The molecule has 4 rings (SSSR count). The zero-order chi connectivity index (χ0) is 18.3. The summed E-state index contributed by atoms with van der Waals surface area (Å²) in [5, 5.41) is 12.7. The molecule has 2 heterocycles. The average molecular weight is 373 g/mol. The van der Waals surface area contributed by atoms with Gasteiger partial charge in [0.25, 0.3) is 11.8 Å². The first-order chi connectivity index (χ1) is 12.6. The van der Waals surface area contributed by atoms with Crippen LogP contribution in [0.5, 0.6) is 5.75 Å². The van der Waals surface area contributed by atoms with Gasteiger partial charge in [0.1, 0.15) is 5.75 Å². The van der Waals surface area contributed by atoms with Gasteiger partial charge in [-0.25, -0.2) is 0 Å².